The van der Waals surface area contributed by atoms with Crippen LogP contribution in [0.2, 0.25) is 0 Å². The number of benzene rings is 1. The Morgan fingerprint density at radius 3 is 2.61 bits per heavy atom. The van der Waals surface area contributed by atoms with Gasteiger partial charge in [-0.2, -0.15) is 0 Å². The highest BCUT2D eigenvalue weighted by Gasteiger charge is 2.22. The third-order valence-corrected chi connectivity index (χ3v) is 4.74. The molecule has 1 fully saturated rings. The van der Waals surface area contributed by atoms with E-state index in [-0.39, 0.29) is 0 Å². The fourth-order valence-electron chi connectivity index (χ4n) is 2.77. The number of para-hydroxylation sites is 1. The molecule has 0 radical (unpaired) electrons. The second-order valence-corrected chi connectivity index (χ2v) is 6.43. The number of aromatic hydroxyl groups is 1. The van der Waals surface area contributed by atoms with Crippen LogP contribution in [0.4, 0.5) is 0 Å². The molecule has 2 rings (SSSR count). The largest absolute Gasteiger partial charge is 0.506 e. The van der Waals surface area contributed by atoms with E-state index < -0.39 is 0 Å². The first kappa shape index (κ1) is 13.9. The van der Waals surface area contributed by atoms with Crippen molar-refractivity contribution in [3.8, 4) is 5.75 Å². The number of phenolic OH excluding ortho intramolecular Hbond substituents is 1. The van der Waals surface area contributed by atoms with Crippen molar-refractivity contribution in [2.45, 2.75) is 45.2 Å². The maximum absolute atomic E-state index is 10.0. The van der Waals surface area contributed by atoms with Gasteiger partial charge in [-0.1, -0.05) is 19.1 Å². The van der Waals surface area contributed by atoms with E-state index in [4.69, 9.17) is 0 Å². The summed E-state index contributed by atoms with van der Waals surface area (Å²) < 4.78 is 0.783. The highest BCUT2D eigenvalue weighted by Crippen LogP contribution is 2.31. The SMILES string of the molecule is CC1CCC(N(C)Cc2cccc(Br)c2O)CC1. The Labute approximate surface area is 118 Å². The predicted octanol–water partition coefficient (Wildman–Crippen LogP) is 4.17. The highest BCUT2D eigenvalue weighted by molar-refractivity contribution is 9.10. The summed E-state index contributed by atoms with van der Waals surface area (Å²) in [5, 5.41) is 10.0. The van der Waals surface area contributed by atoms with E-state index in [1.54, 1.807) is 0 Å². The fraction of sp³-hybridized carbons (Fsp3) is 0.600. The molecule has 0 aromatic heterocycles. The van der Waals surface area contributed by atoms with Gasteiger partial charge in [-0.15, -0.1) is 0 Å². The summed E-state index contributed by atoms with van der Waals surface area (Å²) in [4.78, 5) is 2.38. The molecule has 1 saturated carbocycles. The number of phenols is 1. The quantitative estimate of drug-likeness (QED) is 0.905. The Hall–Kier alpha value is -0.540. The van der Waals surface area contributed by atoms with Crippen LogP contribution in [0.5, 0.6) is 5.75 Å². The summed E-state index contributed by atoms with van der Waals surface area (Å²) in [5.41, 5.74) is 1.01. The molecule has 2 nitrogen and oxygen atoms in total. The van der Waals surface area contributed by atoms with Crippen LogP contribution in [0.3, 0.4) is 0 Å². The molecule has 0 aliphatic heterocycles. The summed E-state index contributed by atoms with van der Waals surface area (Å²) >= 11 is 3.37. The normalized spacial score (nSPS) is 24.4. The Morgan fingerprint density at radius 2 is 1.94 bits per heavy atom. The standard InChI is InChI=1S/C15H22BrNO/c1-11-6-8-13(9-7-11)17(2)10-12-4-3-5-14(16)15(12)18/h3-5,11,13,18H,6-10H2,1-2H3. The van der Waals surface area contributed by atoms with Gasteiger partial charge in [-0.3, -0.25) is 4.90 Å². The van der Waals surface area contributed by atoms with Gasteiger partial charge in [0.25, 0.3) is 0 Å². The Kier molecular flexibility index (Phi) is 4.68. The molecule has 1 aliphatic rings. The average molecular weight is 312 g/mol. The van der Waals surface area contributed by atoms with Crippen molar-refractivity contribution in [1.29, 1.82) is 0 Å². The van der Waals surface area contributed by atoms with E-state index >= 15 is 0 Å². The zero-order valence-corrected chi connectivity index (χ0v) is 12.8. The van der Waals surface area contributed by atoms with Gasteiger partial charge in [0.05, 0.1) is 4.47 Å². The molecular formula is C15H22BrNO. The third-order valence-electron chi connectivity index (χ3n) is 4.10. The maximum atomic E-state index is 10.0. The Balaban J connectivity index is 1.98. The van der Waals surface area contributed by atoms with Crippen molar-refractivity contribution in [1.82, 2.24) is 4.90 Å². The second kappa shape index (κ2) is 6.07. The summed E-state index contributed by atoms with van der Waals surface area (Å²) in [6.45, 7) is 3.17. The van der Waals surface area contributed by atoms with Crippen molar-refractivity contribution in [2.24, 2.45) is 5.92 Å². The summed E-state index contributed by atoms with van der Waals surface area (Å²) in [6, 6.07) is 6.53. The van der Waals surface area contributed by atoms with Crippen LogP contribution in [0.25, 0.3) is 0 Å². The van der Waals surface area contributed by atoms with E-state index in [0.29, 0.717) is 11.8 Å². The lowest BCUT2D eigenvalue weighted by Crippen LogP contribution is -2.34. The van der Waals surface area contributed by atoms with Gasteiger partial charge in [0.2, 0.25) is 0 Å². The zero-order valence-electron chi connectivity index (χ0n) is 11.2. The number of halogens is 1. The lowest BCUT2D eigenvalue weighted by Gasteiger charge is -2.33. The van der Waals surface area contributed by atoms with Crippen molar-refractivity contribution >= 4 is 15.9 Å². The summed E-state index contributed by atoms with van der Waals surface area (Å²) in [6.07, 6.45) is 5.23. The zero-order chi connectivity index (χ0) is 13.1. The monoisotopic (exact) mass is 311 g/mol. The van der Waals surface area contributed by atoms with Gasteiger partial charge in [0, 0.05) is 18.2 Å². The van der Waals surface area contributed by atoms with E-state index in [1.807, 2.05) is 18.2 Å². The van der Waals surface area contributed by atoms with Crippen LogP contribution >= 0.6 is 15.9 Å². The van der Waals surface area contributed by atoms with Gasteiger partial charge in [-0.05, 0) is 60.6 Å². The molecule has 100 valence electrons. The number of nitrogens with zero attached hydrogens (tertiary/aromatic N) is 1. The Bertz CT molecular complexity index is 399. The van der Waals surface area contributed by atoms with Crippen LogP contribution in [0.1, 0.15) is 38.2 Å². The van der Waals surface area contributed by atoms with E-state index in [0.717, 1.165) is 22.5 Å². The fourth-order valence-corrected chi connectivity index (χ4v) is 3.18. The number of hydrogen-bond acceptors (Lipinski definition) is 2. The smallest absolute Gasteiger partial charge is 0.134 e. The molecule has 0 unspecified atom stereocenters. The molecule has 18 heavy (non-hydrogen) atoms. The van der Waals surface area contributed by atoms with Gasteiger partial charge in [0.15, 0.2) is 0 Å². The molecule has 0 bridgehead atoms. The lowest BCUT2D eigenvalue weighted by atomic mass is 9.86. The van der Waals surface area contributed by atoms with Crippen LogP contribution in [0.15, 0.2) is 22.7 Å². The van der Waals surface area contributed by atoms with Crippen LogP contribution < -0.4 is 0 Å². The van der Waals surface area contributed by atoms with Crippen molar-refractivity contribution in [3.63, 3.8) is 0 Å². The number of hydrogen-bond donors (Lipinski definition) is 1. The van der Waals surface area contributed by atoms with Gasteiger partial charge < -0.3 is 5.11 Å². The summed E-state index contributed by atoms with van der Waals surface area (Å²) in [7, 11) is 2.17. The lowest BCUT2D eigenvalue weighted by molar-refractivity contribution is 0.162. The topological polar surface area (TPSA) is 23.5 Å². The second-order valence-electron chi connectivity index (χ2n) is 5.58. The van der Waals surface area contributed by atoms with Crippen LogP contribution in [0, 0.1) is 5.92 Å². The first-order valence-corrected chi connectivity index (χ1v) is 7.54. The first-order valence-electron chi connectivity index (χ1n) is 6.74. The van der Waals surface area contributed by atoms with Crippen LogP contribution in [-0.2, 0) is 6.54 Å². The van der Waals surface area contributed by atoms with E-state index in [9.17, 15) is 5.11 Å². The van der Waals surface area contributed by atoms with Crippen LogP contribution in [-0.4, -0.2) is 23.1 Å². The molecular weight excluding hydrogens is 290 g/mol. The molecule has 1 aromatic rings. The van der Waals surface area contributed by atoms with Gasteiger partial charge in [-0.25, -0.2) is 0 Å². The van der Waals surface area contributed by atoms with Crippen molar-refractivity contribution in [2.75, 3.05) is 7.05 Å². The Morgan fingerprint density at radius 1 is 1.28 bits per heavy atom. The molecule has 0 atom stereocenters. The maximum Gasteiger partial charge on any atom is 0.134 e. The van der Waals surface area contributed by atoms with Gasteiger partial charge in [0.1, 0.15) is 5.75 Å². The van der Waals surface area contributed by atoms with Crippen molar-refractivity contribution < 1.29 is 5.11 Å². The van der Waals surface area contributed by atoms with Crippen molar-refractivity contribution in [3.05, 3.63) is 28.2 Å². The highest BCUT2D eigenvalue weighted by atomic mass is 79.9. The summed E-state index contributed by atoms with van der Waals surface area (Å²) in [5.74, 6) is 1.27. The molecule has 1 aliphatic carbocycles. The first-order chi connectivity index (χ1) is 8.58. The minimum atomic E-state index is 0.383. The van der Waals surface area contributed by atoms with E-state index in [1.165, 1.54) is 25.7 Å². The molecule has 3 heteroatoms. The molecule has 1 aromatic carbocycles. The predicted molar refractivity (Wildman–Crippen MR) is 78.7 cm³/mol. The van der Waals surface area contributed by atoms with E-state index in [2.05, 4.69) is 34.8 Å². The average Bonchev–Trinajstić information content (AvgIpc) is 2.36. The molecule has 0 amide bonds. The minimum absolute atomic E-state index is 0.383. The van der Waals surface area contributed by atoms with Gasteiger partial charge >= 0.3 is 0 Å². The molecule has 0 saturated heterocycles. The minimum Gasteiger partial charge on any atom is -0.506 e. The third kappa shape index (κ3) is 3.27. The molecule has 0 heterocycles. The molecule has 1 N–H and O–H groups in total. The number of rotatable bonds is 3. The molecule has 0 spiro atoms.